The summed E-state index contributed by atoms with van der Waals surface area (Å²) in [5, 5.41) is 5.90. The molecule has 3 N–H and O–H groups in total. The molecular formula is C19H14Cl3N3O4S. The number of carbonyl (C=O) groups excluding carboxylic acids is 2. The predicted molar refractivity (Wildman–Crippen MR) is 118 cm³/mol. The number of methoxy groups -OCH3 is 1. The van der Waals surface area contributed by atoms with E-state index in [0.29, 0.717) is 26.4 Å². The van der Waals surface area contributed by atoms with Gasteiger partial charge in [0.2, 0.25) is 0 Å². The van der Waals surface area contributed by atoms with Crippen LogP contribution in [-0.2, 0) is 4.79 Å². The van der Waals surface area contributed by atoms with Gasteiger partial charge in [-0.3, -0.25) is 14.9 Å². The zero-order chi connectivity index (χ0) is 21.8. The number of nitrogens with two attached hydrogens (primary N) is 1. The van der Waals surface area contributed by atoms with Gasteiger partial charge in [0, 0.05) is 21.5 Å². The maximum atomic E-state index is 12.7. The van der Waals surface area contributed by atoms with E-state index in [2.05, 4.69) is 10.3 Å². The Balaban J connectivity index is 1.81. The number of primary amides is 1. The number of aromatic nitrogens is 1. The number of nitrogens with one attached hydrogen (secondary N) is 1. The molecule has 0 bridgehead atoms. The molecule has 11 heteroatoms. The summed E-state index contributed by atoms with van der Waals surface area (Å²) in [5.74, 6) is -0.842. The average molecular weight is 487 g/mol. The lowest BCUT2D eigenvalue weighted by Gasteiger charge is -2.13. The topological polar surface area (TPSA) is 104 Å². The molecule has 7 nitrogen and oxygen atoms in total. The molecule has 0 unspecified atom stereocenters. The van der Waals surface area contributed by atoms with Gasteiger partial charge in [0.25, 0.3) is 11.8 Å². The normalized spacial score (nSPS) is 10.5. The number of thiazole rings is 1. The van der Waals surface area contributed by atoms with Crippen LogP contribution in [0.5, 0.6) is 11.5 Å². The van der Waals surface area contributed by atoms with Crippen molar-refractivity contribution in [2.24, 2.45) is 5.73 Å². The van der Waals surface area contributed by atoms with Gasteiger partial charge < -0.3 is 15.2 Å². The first-order chi connectivity index (χ1) is 14.3. The maximum absolute atomic E-state index is 12.7. The van der Waals surface area contributed by atoms with Crippen LogP contribution in [0.3, 0.4) is 0 Å². The van der Waals surface area contributed by atoms with Crippen molar-refractivity contribution in [3.63, 3.8) is 0 Å². The van der Waals surface area contributed by atoms with E-state index in [1.165, 1.54) is 30.6 Å². The van der Waals surface area contributed by atoms with Crippen LogP contribution in [0.1, 0.15) is 10.4 Å². The molecule has 3 aromatic rings. The number of hydrogen-bond acceptors (Lipinski definition) is 6. The Morgan fingerprint density at radius 1 is 1.17 bits per heavy atom. The summed E-state index contributed by atoms with van der Waals surface area (Å²) in [6, 6.07) is 7.86. The number of halogens is 3. The summed E-state index contributed by atoms with van der Waals surface area (Å²) in [6.45, 7) is -0.379. The van der Waals surface area contributed by atoms with Crippen LogP contribution < -0.4 is 20.5 Å². The SMILES string of the molecule is COc1cc(C(=O)Nc2nc(-c3cc(Cl)ccc3Cl)cs2)cc(Cl)c1OCC(N)=O. The smallest absolute Gasteiger partial charge is 0.257 e. The van der Waals surface area contributed by atoms with E-state index in [1.807, 2.05) is 0 Å². The van der Waals surface area contributed by atoms with E-state index in [9.17, 15) is 9.59 Å². The molecule has 1 heterocycles. The number of rotatable bonds is 7. The number of carbonyl (C=O) groups is 2. The van der Waals surface area contributed by atoms with E-state index < -0.39 is 11.8 Å². The van der Waals surface area contributed by atoms with Crippen LogP contribution >= 0.6 is 46.1 Å². The van der Waals surface area contributed by atoms with Gasteiger partial charge in [-0.2, -0.15) is 0 Å². The zero-order valence-corrected chi connectivity index (χ0v) is 18.5. The van der Waals surface area contributed by atoms with E-state index >= 15 is 0 Å². The monoisotopic (exact) mass is 485 g/mol. The molecule has 2 amide bonds. The number of nitrogens with zero attached hydrogens (tertiary/aromatic N) is 1. The number of ether oxygens (including phenoxy) is 2. The first-order valence-electron chi connectivity index (χ1n) is 8.29. The van der Waals surface area contributed by atoms with Gasteiger partial charge in [-0.05, 0) is 30.3 Å². The van der Waals surface area contributed by atoms with Crippen LogP contribution in [0.2, 0.25) is 15.1 Å². The lowest BCUT2D eigenvalue weighted by Crippen LogP contribution is -2.20. The van der Waals surface area contributed by atoms with Gasteiger partial charge in [0.15, 0.2) is 23.2 Å². The summed E-state index contributed by atoms with van der Waals surface area (Å²) < 4.78 is 10.5. The van der Waals surface area contributed by atoms with Gasteiger partial charge in [-0.25, -0.2) is 4.98 Å². The minimum Gasteiger partial charge on any atom is -0.493 e. The van der Waals surface area contributed by atoms with Crippen LogP contribution in [0.15, 0.2) is 35.7 Å². The summed E-state index contributed by atoms with van der Waals surface area (Å²) in [5.41, 5.74) is 6.51. The average Bonchev–Trinajstić information content (AvgIpc) is 3.16. The van der Waals surface area contributed by atoms with Crippen molar-refractivity contribution in [3.05, 3.63) is 56.3 Å². The van der Waals surface area contributed by atoms with Gasteiger partial charge in [0.05, 0.1) is 22.8 Å². The van der Waals surface area contributed by atoms with E-state index in [0.717, 1.165) is 0 Å². The zero-order valence-electron chi connectivity index (χ0n) is 15.4. The highest BCUT2D eigenvalue weighted by Gasteiger charge is 2.18. The van der Waals surface area contributed by atoms with Crippen molar-refractivity contribution < 1.29 is 19.1 Å². The number of benzene rings is 2. The Morgan fingerprint density at radius 2 is 1.93 bits per heavy atom. The molecule has 30 heavy (non-hydrogen) atoms. The summed E-state index contributed by atoms with van der Waals surface area (Å²) in [7, 11) is 1.38. The molecule has 0 fully saturated rings. The Morgan fingerprint density at radius 3 is 2.63 bits per heavy atom. The highest BCUT2D eigenvalue weighted by atomic mass is 35.5. The molecule has 0 saturated heterocycles. The van der Waals surface area contributed by atoms with Gasteiger partial charge in [-0.1, -0.05) is 34.8 Å². The Hall–Kier alpha value is -2.52. The Labute approximate surface area is 190 Å². The molecule has 3 rings (SSSR count). The summed E-state index contributed by atoms with van der Waals surface area (Å²) >= 11 is 19.6. The van der Waals surface area contributed by atoms with Gasteiger partial charge in [0.1, 0.15) is 0 Å². The van der Waals surface area contributed by atoms with E-state index in [-0.39, 0.29) is 28.7 Å². The second-order valence-corrected chi connectivity index (χ2v) is 7.97. The van der Waals surface area contributed by atoms with Crippen LogP contribution in [0.4, 0.5) is 5.13 Å². The number of hydrogen-bond donors (Lipinski definition) is 2. The highest BCUT2D eigenvalue weighted by molar-refractivity contribution is 7.14. The largest absolute Gasteiger partial charge is 0.493 e. The molecule has 0 spiro atoms. The minimum atomic E-state index is -0.672. The molecule has 0 saturated carbocycles. The molecule has 0 aliphatic carbocycles. The standard InChI is InChI=1S/C19H14Cl3N3O4S/c1-28-15-5-9(4-13(22)17(15)29-7-16(23)26)18(27)25-19-24-14(8-30-19)11-6-10(20)2-3-12(11)21/h2-6,8H,7H2,1H3,(H2,23,26)(H,24,25,27). The third kappa shape index (κ3) is 5.14. The Kier molecular flexibility index (Phi) is 7.04. The van der Waals surface area contributed by atoms with Crippen molar-refractivity contribution in [1.29, 1.82) is 0 Å². The third-order valence-electron chi connectivity index (χ3n) is 3.78. The minimum absolute atomic E-state index is 0.0892. The maximum Gasteiger partial charge on any atom is 0.257 e. The van der Waals surface area contributed by atoms with Crippen LogP contribution in [-0.4, -0.2) is 30.5 Å². The van der Waals surface area contributed by atoms with Crippen molar-refractivity contribution in [3.8, 4) is 22.8 Å². The summed E-state index contributed by atoms with van der Waals surface area (Å²) in [4.78, 5) is 28.0. The van der Waals surface area contributed by atoms with E-state index in [4.69, 9.17) is 50.0 Å². The van der Waals surface area contributed by atoms with Crippen molar-refractivity contribution in [1.82, 2.24) is 4.98 Å². The van der Waals surface area contributed by atoms with Gasteiger partial charge >= 0.3 is 0 Å². The fourth-order valence-corrected chi connectivity index (χ4v) is 3.81. The molecule has 0 aliphatic rings. The Bertz CT molecular complexity index is 1120. The van der Waals surface area contributed by atoms with Crippen molar-refractivity contribution in [2.45, 2.75) is 0 Å². The fourth-order valence-electron chi connectivity index (χ4n) is 2.45. The van der Waals surface area contributed by atoms with E-state index in [1.54, 1.807) is 23.6 Å². The number of amides is 2. The highest BCUT2D eigenvalue weighted by Crippen LogP contribution is 2.37. The molecule has 2 aromatic carbocycles. The van der Waals surface area contributed by atoms with Gasteiger partial charge in [-0.15, -0.1) is 11.3 Å². The molecule has 156 valence electrons. The predicted octanol–water partition coefficient (Wildman–Crippen LogP) is 4.90. The first-order valence-corrected chi connectivity index (χ1v) is 10.3. The first kappa shape index (κ1) is 22.2. The van der Waals surface area contributed by atoms with Crippen molar-refractivity contribution >= 4 is 63.1 Å². The molecule has 0 atom stereocenters. The lowest BCUT2D eigenvalue weighted by molar-refractivity contribution is -0.119. The number of anilines is 1. The quantitative estimate of drug-likeness (QED) is 0.494. The lowest BCUT2D eigenvalue weighted by atomic mass is 10.2. The molecule has 0 aliphatic heterocycles. The molecular weight excluding hydrogens is 473 g/mol. The van der Waals surface area contributed by atoms with Crippen LogP contribution in [0, 0.1) is 0 Å². The fraction of sp³-hybridized carbons (Fsp3) is 0.105. The molecule has 1 aromatic heterocycles. The second kappa shape index (κ2) is 9.53. The summed E-state index contributed by atoms with van der Waals surface area (Å²) in [6.07, 6.45) is 0. The van der Waals surface area contributed by atoms with Crippen molar-refractivity contribution in [2.75, 3.05) is 19.0 Å². The van der Waals surface area contributed by atoms with Crippen LogP contribution in [0.25, 0.3) is 11.3 Å². The third-order valence-corrected chi connectivity index (χ3v) is 5.38. The second-order valence-electron chi connectivity index (χ2n) is 5.86. The molecule has 0 radical (unpaired) electrons.